The van der Waals surface area contributed by atoms with E-state index in [1.54, 1.807) is 44.0 Å². The van der Waals surface area contributed by atoms with Crippen LogP contribution >= 0.6 is 11.8 Å². The van der Waals surface area contributed by atoms with Crippen LogP contribution in [-0.4, -0.2) is 73.1 Å². The highest BCUT2D eigenvalue weighted by atomic mass is 32.2. The number of carboxylic acid groups (broad SMARTS) is 1. The summed E-state index contributed by atoms with van der Waals surface area (Å²) in [4.78, 5) is 56.9. The summed E-state index contributed by atoms with van der Waals surface area (Å²) in [5.41, 5.74) is 0.800. The lowest BCUT2D eigenvalue weighted by Gasteiger charge is -2.49. The maximum atomic E-state index is 12.9. The molecule has 2 atom stereocenters. The molecule has 2 N–H and O–H groups in total. The monoisotopic (exact) mass is 486 g/mol. The number of carboxylic acids is 1. The lowest BCUT2D eigenvalue weighted by Crippen LogP contribution is -2.70. The molecule has 0 spiro atoms. The summed E-state index contributed by atoms with van der Waals surface area (Å²) in [6, 6.07) is 4.63. The largest absolute Gasteiger partial charge is 0.477 e. The van der Waals surface area contributed by atoms with Crippen molar-refractivity contribution in [1.29, 1.82) is 0 Å². The second kappa shape index (κ2) is 9.13. The predicted molar refractivity (Wildman–Crippen MR) is 123 cm³/mol. The molecule has 0 aromatic carbocycles. The smallest absolute Gasteiger partial charge is 0.408 e. The molecule has 2 fully saturated rings. The van der Waals surface area contributed by atoms with Crippen LogP contribution in [-0.2, 0) is 25.7 Å². The number of β-lactam (4-membered cyclic amide) rings is 1. The fourth-order valence-electron chi connectivity index (χ4n) is 4.04. The van der Waals surface area contributed by atoms with Crippen molar-refractivity contribution in [2.45, 2.75) is 50.8 Å². The number of amides is 3. The third-order valence-electron chi connectivity index (χ3n) is 5.51. The minimum atomic E-state index is -1.25. The molecule has 1 aromatic heterocycles. The number of pyridine rings is 1. The molecule has 3 aliphatic heterocycles. The molecule has 1 aromatic rings. The average Bonchev–Trinajstić information content (AvgIpc) is 3.10. The number of thioether (sulfide) groups is 1. The van der Waals surface area contributed by atoms with E-state index in [0.29, 0.717) is 36.4 Å². The SMILES string of the molecule is CC(C)(C)OC(=O)N[C@@H]1C(=O)N2C(C(=O)O)=C(/C=C3\CCN(Cc4ccccn4)C3=O)CS[C@H]12. The first-order valence-corrected chi connectivity index (χ1v) is 11.9. The lowest BCUT2D eigenvalue weighted by atomic mass is 10.0. The maximum absolute atomic E-state index is 12.9. The van der Waals surface area contributed by atoms with Gasteiger partial charge in [-0.3, -0.25) is 19.5 Å². The van der Waals surface area contributed by atoms with Gasteiger partial charge < -0.3 is 20.1 Å². The summed E-state index contributed by atoms with van der Waals surface area (Å²) in [6.45, 7) is 6.02. The highest BCUT2D eigenvalue weighted by Crippen LogP contribution is 2.41. The van der Waals surface area contributed by atoms with Crippen molar-refractivity contribution >= 4 is 35.6 Å². The Morgan fingerprint density at radius 3 is 2.74 bits per heavy atom. The number of hydrogen-bond donors (Lipinski definition) is 2. The number of nitrogens with zero attached hydrogens (tertiary/aromatic N) is 3. The van der Waals surface area contributed by atoms with Crippen LogP contribution in [0.1, 0.15) is 32.9 Å². The van der Waals surface area contributed by atoms with Crippen LogP contribution in [0.15, 0.2) is 47.3 Å². The van der Waals surface area contributed by atoms with E-state index < -0.39 is 35.0 Å². The van der Waals surface area contributed by atoms with Crippen LogP contribution in [0, 0.1) is 0 Å². The van der Waals surface area contributed by atoms with Crippen molar-refractivity contribution in [3.05, 3.63) is 53.0 Å². The zero-order chi connectivity index (χ0) is 24.6. The van der Waals surface area contributed by atoms with Crippen molar-refractivity contribution in [2.75, 3.05) is 12.3 Å². The molecule has 180 valence electrons. The van der Waals surface area contributed by atoms with Gasteiger partial charge in [0, 0.05) is 24.1 Å². The normalized spacial score (nSPS) is 23.7. The molecular formula is C23H26N4O6S. The Hall–Kier alpha value is -3.34. The van der Waals surface area contributed by atoms with Gasteiger partial charge in [0.15, 0.2) is 0 Å². The summed E-state index contributed by atoms with van der Waals surface area (Å²) in [7, 11) is 0. The molecule has 3 amide bonds. The minimum absolute atomic E-state index is 0.153. The number of hydrogen-bond acceptors (Lipinski definition) is 7. The number of aromatic nitrogens is 1. The molecule has 34 heavy (non-hydrogen) atoms. The molecule has 11 heteroatoms. The van der Waals surface area contributed by atoms with Gasteiger partial charge in [-0.1, -0.05) is 6.07 Å². The van der Waals surface area contributed by atoms with E-state index in [4.69, 9.17) is 4.74 Å². The maximum Gasteiger partial charge on any atom is 0.408 e. The third-order valence-corrected chi connectivity index (χ3v) is 6.82. The van der Waals surface area contributed by atoms with Gasteiger partial charge in [0.25, 0.3) is 5.91 Å². The molecule has 0 aliphatic carbocycles. The Morgan fingerprint density at radius 2 is 2.09 bits per heavy atom. The predicted octanol–water partition coefficient (Wildman–Crippen LogP) is 1.89. The van der Waals surface area contributed by atoms with Gasteiger partial charge in [-0.05, 0) is 51.0 Å². The number of carbonyl (C=O) groups excluding carboxylic acids is 3. The summed E-state index contributed by atoms with van der Waals surface area (Å²) in [6.07, 6.45) is 3.01. The van der Waals surface area contributed by atoms with Crippen LogP contribution in [0.2, 0.25) is 0 Å². The molecule has 0 bridgehead atoms. The van der Waals surface area contributed by atoms with Crippen LogP contribution in [0.3, 0.4) is 0 Å². The van der Waals surface area contributed by atoms with Crippen molar-refractivity contribution < 1.29 is 29.0 Å². The molecule has 0 radical (unpaired) electrons. The van der Waals surface area contributed by atoms with E-state index in [1.165, 1.54) is 16.7 Å². The van der Waals surface area contributed by atoms with Crippen LogP contribution in [0.5, 0.6) is 0 Å². The van der Waals surface area contributed by atoms with E-state index in [-0.39, 0.29) is 11.6 Å². The Bertz CT molecular complexity index is 1090. The number of alkyl carbamates (subject to hydrolysis) is 1. The van der Waals surface area contributed by atoms with Gasteiger partial charge in [-0.2, -0.15) is 0 Å². The highest BCUT2D eigenvalue weighted by molar-refractivity contribution is 8.00. The van der Waals surface area contributed by atoms with E-state index in [2.05, 4.69) is 10.3 Å². The second-order valence-electron chi connectivity index (χ2n) is 9.18. The first-order chi connectivity index (χ1) is 16.0. The zero-order valence-electron chi connectivity index (χ0n) is 19.1. The van der Waals surface area contributed by atoms with Crippen LogP contribution in [0.4, 0.5) is 4.79 Å². The Kier molecular flexibility index (Phi) is 6.39. The number of ether oxygens (including phenoxy) is 1. The molecule has 0 saturated carbocycles. The van der Waals surface area contributed by atoms with E-state index >= 15 is 0 Å². The van der Waals surface area contributed by atoms with Crippen molar-refractivity contribution in [3.8, 4) is 0 Å². The highest BCUT2D eigenvalue weighted by Gasteiger charge is 2.54. The van der Waals surface area contributed by atoms with Gasteiger partial charge in [0.05, 0.1) is 12.2 Å². The Balaban J connectivity index is 1.50. The van der Waals surface area contributed by atoms with Crippen LogP contribution in [0.25, 0.3) is 0 Å². The van der Waals surface area contributed by atoms with E-state index in [0.717, 1.165) is 5.69 Å². The van der Waals surface area contributed by atoms with Gasteiger partial charge in [0.2, 0.25) is 5.91 Å². The zero-order valence-corrected chi connectivity index (χ0v) is 19.9. The van der Waals surface area contributed by atoms with Gasteiger partial charge in [-0.25, -0.2) is 9.59 Å². The Labute approximate surface area is 201 Å². The summed E-state index contributed by atoms with van der Waals surface area (Å²) in [5.74, 6) is -1.66. The molecule has 4 heterocycles. The molecular weight excluding hydrogens is 460 g/mol. The molecule has 0 unspecified atom stereocenters. The van der Waals surface area contributed by atoms with E-state index in [1.807, 2.05) is 12.1 Å². The first-order valence-electron chi connectivity index (χ1n) is 10.9. The number of rotatable bonds is 5. The molecule has 4 rings (SSSR count). The standard InChI is InChI=1S/C23H26N4O6S/c1-23(2,3)33-22(32)25-16-19(29)27-17(21(30)31)14(12-34-20(16)27)10-13-7-9-26(18(13)28)11-15-6-4-5-8-24-15/h4-6,8,10,16,20H,7,9,11-12H2,1-3H3,(H,25,32)(H,30,31)/b13-10+/t16-,20-/m1/s1. The fraction of sp³-hybridized carbons (Fsp3) is 0.435. The number of likely N-dealkylation sites (tertiary alicyclic amines) is 1. The van der Waals surface area contributed by atoms with Gasteiger partial charge in [-0.15, -0.1) is 11.8 Å². The number of aliphatic carboxylic acids is 1. The topological polar surface area (TPSA) is 129 Å². The Morgan fingerprint density at radius 1 is 1.32 bits per heavy atom. The van der Waals surface area contributed by atoms with Crippen molar-refractivity contribution in [1.82, 2.24) is 20.1 Å². The quantitative estimate of drug-likeness (QED) is 0.477. The molecule has 10 nitrogen and oxygen atoms in total. The van der Waals surface area contributed by atoms with Crippen molar-refractivity contribution in [3.63, 3.8) is 0 Å². The van der Waals surface area contributed by atoms with Gasteiger partial charge in [0.1, 0.15) is 22.7 Å². The van der Waals surface area contributed by atoms with E-state index in [9.17, 15) is 24.3 Å². The second-order valence-corrected chi connectivity index (χ2v) is 10.3. The fourth-order valence-corrected chi connectivity index (χ4v) is 5.34. The number of fused-ring (bicyclic) bond motifs is 1. The first kappa shape index (κ1) is 23.8. The lowest BCUT2D eigenvalue weighted by molar-refractivity contribution is -0.149. The third kappa shape index (κ3) is 4.79. The number of allylic oxidation sites excluding steroid dienone is 1. The summed E-state index contributed by atoms with van der Waals surface area (Å²) < 4.78 is 5.21. The van der Waals surface area contributed by atoms with Crippen LogP contribution < -0.4 is 5.32 Å². The molecule has 2 saturated heterocycles. The number of carbonyl (C=O) groups is 4. The minimum Gasteiger partial charge on any atom is -0.477 e. The van der Waals surface area contributed by atoms with Gasteiger partial charge >= 0.3 is 12.1 Å². The van der Waals surface area contributed by atoms with Crippen molar-refractivity contribution in [2.24, 2.45) is 0 Å². The summed E-state index contributed by atoms with van der Waals surface area (Å²) in [5, 5.41) is 11.8. The summed E-state index contributed by atoms with van der Waals surface area (Å²) >= 11 is 1.34. The number of nitrogens with one attached hydrogen (secondary N) is 1. The average molecular weight is 487 g/mol. The molecule has 3 aliphatic rings.